The monoisotopic (exact) mass is 240 g/mol. The molecule has 0 aromatic carbocycles. The van der Waals surface area contributed by atoms with Gasteiger partial charge in [0.15, 0.2) is 0 Å². The average Bonchev–Trinajstić information content (AvgIpc) is 2.26. The number of pyridine rings is 1. The number of aromatic nitrogens is 1. The second-order valence-corrected chi connectivity index (χ2v) is 4.39. The molecule has 0 atom stereocenters. The van der Waals surface area contributed by atoms with Crippen LogP contribution in [0, 0.1) is 0 Å². The third-order valence-electron chi connectivity index (χ3n) is 2.21. The minimum absolute atomic E-state index is 0.314. The van der Waals surface area contributed by atoms with Crippen LogP contribution in [0.3, 0.4) is 0 Å². The maximum absolute atomic E-state index is 11.1. The van der Waals surface area contributed by atoms with Gasteiger partial charge in [0.2, 0.25) is 0 Å². The third kappa shape index (κ3) is 3.03. The molecule has 0 bridgehead atoms. The number of rotatable bonds is 5. The topological polar surface area (TPSA) is 85.2 Å². The highest BCUT2D eigenvalue weighted by Gasteiger charge is 2.10. The van der Waals surface area contributed by atoms with Crippen molar-refractivity contribution in [2.45, 2.75) is 0 Å². The molecular formula is C10H16N4OS. The van der Waals surface area contributed by atoms with Gasteiger partial charge in [-0.05, 0) is 12.3 Å². The molecule has 5 nitrogen and oxygen atoms in total. The van der Waals surface area contributed by atoms with E-state index in [4.69, 9.17) is 11.5 Å². The molecule has 1 heterocycles. The summed E-state index contributed by atoms with van der Waals surface area (Å²) in [4.78, 5) is 17.2. The Bertz CT molecular complexity index is 383. The highest BCUT2D eigenvalue weighted by atomic mass is 32.2. The summed E-state index contributed by atoms with van der Waals surface area (Å²) in [7, 11) is 1.92. The molecule has 1 aromatic rings. The van der Waals surface area contributed by atoms with Gasteiger partial charge in [0.05, 0.1) is 17.4 Å². The van der Waals surface area contributed by atoms with E-state index in [0.717, 1.165) is 12.3 Å². The Balaban J connectivity index is 2.89. The number of nitrogens with two attached hydrogens (primary N) is 2. The standard InChI is InChI=1S/C10H16N4OS/c1-14(3-4-16-2)9-5-7(10(12)15)8(11)6-13-9/h5-6H,3-4,11H2,1-2H3,(H2,12,15). The molecule has 1 amide bonds. The number of anilines is 2. The first kappa shape index (κ1) is 12.6. The largest absolute Gasteiger partial charge is 0.397 e. The van der Waals surface area contributed by atoms with E-state index in [1.54, 1.807) is 17.8 Å². The lowest BCUT2D eigenvalue weighted by atomic mass is 10.2. The molecule has 0 aliphatic carbocycles. The molecule has 0 unspecified atom stereocenters. The Morgan fingerprint density at radius 2 is 2.31 bits per heavy atom. The predicted octanol–water partition coefficient (Wildman–Crippen LogP) is 0.562. The maximum Gasteiger partial charge on any atom is 0.250 e. The van der Waals surface area contributed by atoms with Gasteiger partial charge in [-0.25, -0.2) is 4.98 Å². The second-order valence-electron chi connectivity index (χ2n) is 3.41. The fraction of sp³-hybridized carbons (Fsp3) is 0.400. The van der Waals surface area contributed by atoms with Gasteiger partial charge < -0.3 is 16.4 Å². The van der Waals surface area contributed by atoms with Crippen LogP contribution >= 0.6 is 11.8 Å². The van der Waals surface area contributed by atoms with Crippen LogP contribution in [-0.2, 0) is 0 Å². The van der Waals surface area contributed by atoms with E-state index in [1.165, 1.54) is 6.20 Å². The van der Waals surface area contributed by atoms with Crippen molar-refractivity contribution < 1.29 is 4.79 Å². The van der Waals surface area contributed by atoms with Crippen LogP contribution in [0.1, 0.15) is 10.4 Å². The van der Waals surface area contributed by atoms with Crippen LogP contribution in [-0.4, -0.2) is 36.5 Å². The van der Waals surface area contributed by atoms with E-state index in [0.29, 0.717) is 17.1 Å². The second kappa shape index (κ2) is 5.60. The van der Waals surface area contributed by atoms with Crippen molar-refractivity contribution in [3.8, 4) is 0 Å². The van der Waals surface area contributed by atoms with Gasteiger partial charge in [0.1, 0.15) is 5.82 Å². The molecule has 0 saturated heterocycles. The molecule has 0 fully saturated rings. The van der Waals surface area contributed by atoms with Crippen molar-refractivity contribution in [1.29, 1.82) is 0 Å². The Morgan fingerprint density at radius 1 is 1.62 bits per heavy atom. The van der Waals surface area contributed by atoms with Gasteiger partial charge in [0.25, 0.3) is 5.91 Å². The van der Waals surface area contributed by atoms with Crippen LogP contribution in [0.4, 0.5) is 11.5 Å². The number of nitrogens with zero attached hydrogens (tertiary/aromatic N) is 2. The summed E-state index contributed by atoms with van der Waals surface area (Å²) in [5.74, 6) is 1.17. The summed E-state index contributed by atoms with van der Waals surface area (Å²) in [6.07, 6.45) is 3.50. The zero-order valence-corrected chi connectivity index (χ0v) is 10.3. The van der Waals surface area contributed by atoms with E-state index >= 15 is 0 Å². The first-order valence-electron chi connectivity index (χ1n) is 4.81. The summed E-state index contributed by atoms with van der Waals surface area (Å²) in [6.45, 7) is 0.857. The van der Waals surface area contributed by atoms with Crippen LogP contribution in [0.2, 0.25) is 0 Å². The fourth-order valence-corrected chi connectivity index (χ4v) is 1.68. The Kier molecular flexibility index (Phi) is 4.42. The molecule has 0 aliphatic heterocycles. The zero-order valence-electron chi connectivity index (χ0n) is 9.43. The molecule has 4 N–H and O–H groups in total. The lowest BCUT2D eigenvalue weighted by Crippen LogP contribution is -2.22. The summed E-state index contributed by atoms with van der Waals surface area (Å²) >= 11 is 1.75. The third-order valence-corrected chi connectivity index (χ3v) is 2.80. The maximum atomic E-state index is 11.1. The van der Waals surface area contributed by atoms with Crippen LogP contribution in [0.15, 0.2) is 12.3 Å². The summed E-state index contributed by atoms with van der Waals surface area (Å²) < 4.78 is 0. The highest BCUT2D eigenvalue weighted by Crippen LogP contribution is 2.16. The minimum Gasteiger partial charge on any atom is -0.397 e. The molecule has 1 rings (SSSR count). The van der Waals surface area contributed by atoms with Crippen LogP contribution in [0.5, 0.6) is 0 Å². The van der Waals surface area contributed by atoms with E-state index < -0.39 is 5.91 Å². The van der Waals surface area contributed by atoms with Gasteiger partial charge in [-0.15, -0.1) is 0 Å². The number of carbonyl (C=O) groups is 1. The normalized spacial score (nSPS) is 10.1. The van der Waals surface area contributed by atoms with Crippen LogP contribution in [0.25, 0.3) is 0 Å². The Hall–Kier alpha value is -1.43. The lowest BCUT2D eigenvalue weighted by Gasteiger charge is -2.18. The molecule has 0 saturated carbocycles. The van der Waals surface area contributed by atoms with E-state index in [-0.39, 0.29) is 0 Å². The lowest BCUT2D eigenvalue weighted by molar-refractivity contribution is 0.100. The summed E-state index contributed by atoms with van der Waals surface area (Å²) in [5, 5.41) is 0. The Morgan fingerprint density at radius 3 is 2.88 bits per heavy atom. The van der Waals surface area contributed by atoms with E-state index in [9.17, 15) is 4.79 Å². The highest BCUT2D eigenvalue weighted by molar-refractivity contribution is 7.98. The number of amides is 1. The van der Waals surface area contributed by atoms with Crippen molar-refractivity contribution in [3.05, 3.63) is 17.8 Å². The summed E-state index contributed by atoms with van der Waals surface area (Å²) in [6, 6.07) is 1.62. The molecule has 0 aliphatic rings. The number of thioether (sulfide) groups is 1. The molecule has 0 radical (unpaired) electrons. The van der Waals surface area contributed by atoms with Crippen molar-refractivity contribution in [2.75, 3.05) is 36.2 Å². The van der Waals surface area contributed by atoms with Gasteiger partial charge in [-0.3, -0.25) is 4.79 Å². The van der Waals surface area contributed by atoms with Crippen molar-refractivity contribution in [3.63, 3.8) is 0 Å². The number of carbonyl (C=O) groups excluding carboxylic acids is 1. The molecule has 1 aromatic heterocycles. The smallest absolute Gasteiger partial charge is 0.250 e. The first-order valence-corrected chi connectivity index (χ1v) is 6.21. The first-order chi connectivity index (χ1) is 7.56. The summed E-state index contributed by atoms with van der Waals surface area (Å²) in [5.41, 5.74) is 11.5. The fourth-order valence-electron chi connectivity index (χ4n) is 1.22. The van der Waals surface area contributed by atoms with Gasteiger partial charge in [0, 0.05) is 19.3 Å². The number of primary amides is 1. The molecule has 16 heavy (non-hydrogen) atoms. The van der Waals surface area contributed by atoms with Crippen molar-refractivity contribution in [2.24, 2.45) is 5.73 Å². The van der Waals surface area contributed by atoms with Gasteiger partial charge >= 0.3 is 0 Å². The average molecular weight is 240 g/mol. The Labute approximate surface area is 99.2 Å². The molecule has 6 heteroatoms. The van der Waals surface area contributed by atoms with E-state index in [2.05, 4.69) is 4.98 Å². The van der Waals surface area contributed by atoms with E-state index in [1.807, 2.05) is 18.2 Å². The number of hydrogen-bond donors (Lipinski definition) is 2. The van der Waals surface area contributed by atoms with Crippen molar-refractivity contribution in [1.82, 2.24) is 4.98 Å². The van der Waals surface area contributed by atoms with Gasteiger partial charge in [-0.1, -0.05) is 0 Å². The number of nitrogen functional groups attached to an aromatic ring is 1. The predicted molar refractivity (Wildman–Crippen MR) is 68.8 cm³/mol. The molecular weight excluding hydrogens is 224 g/mol. The molecule has 88 valence electrons. The van der Waals surface area contributed by atoms with Gasteiger partial charge in [-0.2, -0.15) is 11.8 Å². The molecule has 0 spiro atoms. The number of hydrogen-bond acceptors (Lipinski definition) is 5. The van der Waals surface area contributed by atoms with Crippen molar-refractivity contribution >= 4 is 29.2 Å². The zero-order chi connectivity index (χ0) is 12.1. The SMILES string of the molecule is CSCCN(C)c1cc(C(N)=O)c(N)cn1. The quantitative estimate of drug-likeness (QED) is 0.785. The minimum atomic E-state index is -0.528. The van der Waals surface area contributed by atoms with Crippen LogP contribution < -0.4 is 16.4 Å².